The predicted octanol–water partition coefficient (Wildman–Crippen LogP) is 2.86. The summed E-state index contributed by atoms with van der Waals surface area (Å²) in [4.78, 5) is 18.1. The highest BCUT2D eigenvalue weighted by Crippen LogP contribution is 2.32. The molecule has 0 saturated carbocycles. The Kier molecular flexibility index (Phi) is 5.08. The molecule has 0 radical (unpaired) electrons. The number of carbonyl (C=O) groups excluding carboxylic acids is 1. The van der Waals surface area contributed by atoms with E-state index in [9.17, 15) is 26.4 Å². The maximum absolute atomic E-state index is 13.5. The van der Waals surface area contributed by atoms with E-state index in [1.165, 1.54) is 23.3 Å². The second-order valence-electron chi connectivity index (χ2n) is 7.17. The number of para-hydroxylation sites is 2. The third-order valence-electron chi connectivity index (χ3n) is 5.08. The number of imidazole rings is 1. The Morgan fingerprint density at radius 1 is 1.23 bits per heavy atom. The molecule has 1 amide bonds. The van der Waals surface area contributed by atoms with Crippen LogP contribution in [0, 0.1) is 0 Å². The van der Waals surface area contributed by atoms with Gasteiger partial charge in [-0.25, -0.2) is 13.4 Å². The van der Waals surface area contributed by atoms with Gasteiger partial charge in [-0.1, -0.05) is 12.1 Å². The average molecular weight is 441 g/mol. The van der Waals surface area contributed by atoms with Crippen molar-refractivity contribution in [1.29, 1.82) is 0 Å². The number of alkyl halides is 3. The van der Waals surface area contributed by atoms with Gasteiger partial charge in [0.2, 0.25) is 11.7 Å². The van der Waals surface area contributed by atoms with Crippen LogP contribution >= 0.6 is 0 Å². The minimum absolute atomic E-state index is 0.0278. The molecule has 1 aliphatic rings. The van der Waals surface area contributed by atoms with Crippen molar-refractivity contribution in [3.63, 3.8) is 0 Å². The number of hydrogen-bond acceptors (Lipinski definition) is 5. The Hall–Kier alpha value is -2.82. The first-order valence-corrected chi connectivity index (χ1v) is 11.0. The number of carbonyl (C=O) groups is 1. The molecule has 1 aliphatic heterocycles. The van der Waals surface area contributed by atoms with E-state index in [-0.39, 0.29) is 35.5 Å². The van der Waals surface area contributed by atoms with E-state index in [0.717, 1.165) is 4.57 Å². The van der Waals surface area contributed by atoms with E-state index in [4.69, 9.17) is 4.42 Å². The standard InChI is InChI=1S/C19H18F3N3O4S/c20-19(21,22)18-23-15-5-1-2-6-16(15)25(18)11-17(26)24(10-14-4-3-8-29-14)13-7-9-30(27,28)12-13/h1-6,8,13H,7,9-12H2. The summed E-state index contributed by atoms with van der Waals surface area (Å²) < 4.78 is 70.6. The van der Waals surface area contributed by atoms with Crippen LogP contribution in [0.5, 0.6) is 0 Å². The fourth-order valence-electron chi connectivity index (χ4n) is 3.69. The third-order valence-corrected chi connectivity index (χ3v) is 6.83. The molecule has 0 spiro atoms. The molecule has 3 aromatic rings. The molecular formula is C19H18F3N3O4S. The van der Waals surface area contributed by atoms with Crippen molar-refractivity contribution in [2.45, 2.75) is 31.7 Å². The molecule has 11 heteroatoms. The Balaban J connectivity index is 1.69. The number of furan rings is 1. The summed E-state index contributed by atoms with van der Waals surface area (Å²) in [6.07, 6.45) is -3.11. The number of aromatic nitrogens is 2. The van der Waals surface area contributed by atoms with Gasteiger partial charge in [0.25, 0.3) is 0 Å². The highest BCUT2D eigenvalue weighted by atomic mass is 32.2. The lowest BCUT2D eigenvalue weighted by Gasteiger charge is -2.28. The van der Waals surface area contributed by atoms with Gasteiger partial charge in [-0.05, 0) is 30.7 Å². The quantitative estimate of drug-likeness (QED) is 0.608. The van der Waals surface area contributed by atoms with Crippen LogP contribution in [0.1, 0.15) is 18.0 Å². The van der Waals surface area contributed by atoms with Gasteiger partial charge in [0, 0.05) is 6.04 Å². The minimum Gasteiger partial charge on any atom is -0.467 e. The summed E-state index contributed by atoms with van der Waals surface area (Å²) in [6, 6.07) is 8.64. The summed E-state index contributed by atoms with van der Waals surface area (Å²) in [6.45, 7) is -0.646. The van der Waals surface area contributed by atoms with Crippen molar-refractivity contribution in [2.75, 3.05) is 11.5 Å². The number of hydrogen-bond donors (Lipinski definition) is 0. The number of sulfone groups is 1. The summed E-state index contributed by atoms with van der Waals surface area (Å²) >= 11 is 0. The van der Waals surface area contributed by atoms with E-state index < -0.39 is 40.3 Å². The highest BCUT2D eigenvalue weighted by molar-refractivity contribution is 7.91. The van der Waals surface area contributed by atoms with Gasteiger partial charge in [0.15, 0.2) is 9.84 Å². The zero-order chi connectivity index (χ0) is 21.5. The van der Waals surface area contributed by atoms with Crippen LogP contribution in [-0.2, 0) is 33.9 Å². The van der Waals surface area contributed by atoms with Crippen molar-refractivity contribution >= 4 is 26.8 Å². The fraction of sp³-hybridized carbons (Fsp3) is 0.368. The van der Waals surface area contributed by atoms with Crippen LogP contribution in [0.25, 0.3) is 11.0 Å². The molecule has 0 aliphatic carbocycles. The summed E-state index contributed by atoms with van der Waals surface area (Å²) in [7, 11) is -3.30. The molecule has 2 aromatic heterocycles. The number of fused-ring (bicyclic) bond motifs is 1. The first-order valence-electron chi connectivity index (χ1n) is 9.19. The fourth-order valence-corrected chi connectivity index (χ4v) is 5.42. The van der Waals surface area contributed by atoms with E-state index in [0.29, 0.717) is 5.76 Å². The predicted molar refractivity (Wildman–Crippen MR) is 101 cm³/mol. The first-order chi connectivity index (χ1) is 14.1. The molecule has 0 N–H and O–H groups in total. The second-order valence-corrected chi connectivity index (χ2v) is 9.39. The average Bonchev–Trinajstić information content (AvgIpc) is 3.38. The number of amides is 1. The van der Waals surface area contributed by atoms with Gasteiger partial charge in [0.1, 0.15) is 12.3 Å². The molecule has 160 valence electrons. The number of rotatable bonds is 5. The summed E-state index contributed by atoms with van der Waals surface area (Å²) in [5.74, 6) is -1.69. The van der Waals surface area contributed by atoms with Crippen LogP contribution in [0.3, 0.4) is 0 Å². The maximum Gasteiger partial charge on any atom is 0.449 e. The van der Waals surface area contributed by atoms with Gasteiger partial charge in [0.05, 0.1) is 35.3 Å². The topological polar surface area (TPSA) is 85.4 Å². The van der Waals surface area contributed by atoms with Crippen LogP contribution in [0.15, 0.2) is 47.1 Å². The molecule has 0 bridgehead atoms. The van der Waals surface area contributed by atoms with E-state index in [2.05, 4.69) is 4.98 Å². The Bertz CT molecular complexity index is 1170. The van der Waals surface area contributed by atoms with Crippen molar-refractivity contribution in [2.24, 2.45) is 0 Å². The molecule has 1 aromatic carbocycles. The molecule has 3 heterocycles. The third kappa shape index (κ3) is 4.07. The first kappa shape index (κ1) is 20.5. The molecule has 1 unspecified atom stereocenters. The lowest BCUT2D eigenvalue weighted by atomic mass is 10.2. The van der Waals surface area contributed by atoms with E-state index >= 15 is 0 Å². The molecule has 1 fully saturated rings. The van der Waals surface area contributed by atoms with Crippen molar-refractivity contribution in [3.8, 4) is 0 Å². The summed E-state index contributed by atoms with van der Waals surface area (Å²) in [5, 5.41) is 0. The second kappa shape index (κ2) is 7.46. The van der Waals surface area contributed by atoms with Gasteiger partial charge >= 0.3 is 6.18 Å². The van der Waals surface area contributed by atoms with Gasteiger partial charge in [-0.15, -0.1) is 0 Å². The lowest BCUT2D eigenvalue weighted by molar-refractivity contribution is -0.148. The molecular weight excluding hydrogens is 423 g/mol. The number of benzene rings is 1. The summed E-state index contributed by atoms with van der Waals surface area (Å²) in [5.41, 5.74) is 0.300. The maximum atomic E-state index is 13.5. The largest absolute Gasteiger partial charge is 0.467 e. The number of halogens is 3. The van der Waals surface area contributed by atoms with Crippen molar-refractivity contribution in [1.82, 2.24) is 14.5 Å². The highest BCUT2D eigenvalue weighted by Gasteiger charge is 2.40. The normalized spacial score (nSPS) is 18.7. The van der Waals surface area contributed by atoms with Crippen molar-refractivity contribution < 1.29 is 30.8 Å². The lowest BCUT2D eigenvalue weighted by Crippen LogP contribution is -2.42. The SMILES string of the molecule is O=C(Cn1c(C(F)(F)F)nc2ccccc21)N(Cc1ccco1)C1CCS(=O)(=O)C1. The Morgan fingerprint density at radius 2 is 2.00 bits per heavy atom. The number of nitrogens with zero attached hydrogens (tertiary/aromatic N) is 3. The monoisotopic (exact) mass is 441 g/mol. The Morgan fingerprint density at radius 3 is 2.63 bits per heavy atom. The molecule has 1 saturated heterocycles. The molecule has 7 nitrogen and oxygen atoms in total. The van der Waals surface area contributed by atoms with Gasteiger partial charge in [-0.2, -0.15) is 13.2 Å². The molecule has 4 rings (SSSR count). The van der Waals surface area contributed by atoms with E-state index in [1.807, 2.05) is 0 Å². The van der Waals surface area contributed by atoms with Crippen LogP contribution in [-0.4, -0.2) is 46.3 Å². The minimum atomic E-state index is -4.75. The molecule has 1 atom stereocenters. The van der Waals surface area contributed by atoms with Crippen LogP contribution in [0.2, 0.25) is 0 Å². The van der Waals surface area contributed by atoms with Gasteiger partial charge in [-0.3, -0.25) is 4.79 Å². The smallest absolute Gasteiger partial charge is 0.449 e. The van der Waals surface area contributed by atoms with Crippen molar-refractivity contribution in [3.05, 3.63) is 54.2 Å². The zero-order valence-corrected chi connectivity index (χ0v) is 16.5. The zero-order valence-electron chi connectivity index (χ0n) is 15.7. The van der Waals surface area contributed by atoms with Crippen LogP contribution < -0.4 is 0 Å². The van der Waals surface area contributed by atoms with Crippen LogP contribution in [0.4, 0.5) is 13.2 Å². The molecule has 30 heavy (non-hydrogen) atoms. The van der Waals surface area contributed by atoms with Gasteiger partial charge < -0.3 is 13.9 Å². The Labute approximate surface area is 170 Å². The van der Waals surface area contributed by atoms with E-state index in [1.54, 1.807) is 24.3 Å².